The van der Waals surface area contributed by atoms with Gasteiger partial charge in [0.1, 0.15) is 0 Å². The van der Waals surface area contributed by atoms with Crippen LogP contribution in [0.1, 0.15) is 77.6 Å². The van der Waals surface area contributed by atoms with E-state index in [2.05, 4.69) is 21.0 Å². The standard InChI is InChI=1S/C17H37ClN.ClH/c1-4-5-6-7-8-9-10-11-13-16-19(2,3)17-14-12-15-18;/h4-17H2,1-3H3;1H/q+1;/p-1. The SMILES string of the molecule is CCCCCCCCCCC[N+](C)(C)CCCCCl.[Cl-]. The molecule has 0 radical (unpaired) electrons. The lowest BCUT2D eigenvalue weighted by molar-refractivity contribution is -0.890. The van der Waals surface area contributed by atoms with Crippen LogP contribution in [-0.2, 0) is 0 Å². The third-order valence-corrected chi connectivity index (χ3v) is 4.28. The van der Waals surface area contributed by atoms with Gasteiger partial charge in [-0.1, -0.05) is 51.9 Å². The lowest BCUT2D eigenvalue weighted by atomic mass is 10.1. The Morgan fingerprint density at radius 3 is 1.50 bits per heavy atom. The van der Waals surface area contributed by atoms with Gasteiger partial charge in [-0.3, -0.25) is 0 Å². The maximum atomic E-state index is 5.73. The van der Waals surface area contributed by atoms with Crippen molar-refractivity contribution in [2.24, 2.45) is 0 Å². The summed E-state index contributed by atoms with van der Waals surface area (Å²) in [5.74, 6) is 0.817. The number of nitrogens with zero attached hydrogens (tertiary/aromatic N) is 1. The fraction of sp³-hybridized carbons (Fsp3) is 1.00. The molecule has 0 saturated heterocycles. The zero-order chi connectivity index (χ0) is 14.4. The maximum Gasteiger partial charge on any atom is 0.0782 e. The molecule has 0 atom stereocenters. The van der Waals surface area contributed by atoms with Gasteiger partial charge in [0.25, 0.3) is 0 Å². The lowest BCUT2D eigenvalue weighted by Gasteiger charge is -2.29. The quantitative estimate of drug-likeness (QED) is 0.261. The van der Waals surface area contributed by atoms with Crippen molar-refractivity contribution in [3.8, 4) is 0 Å². The molecule has 124 valence electrons. The fourth-order valence-electron chi connectivity index (χ4n) is 2.60. The Kier molecular flexibility index (Phi) is 18.2. The van der Waals surface area contributed by atoms with Gasteiger partial charge in [-0.25, -0.2) is 0 Å². The number of quaternary nitrogens is 1. The molecule has 0 spiro atoms. The van der Waals surface area contributed by atoms with E-state index < -0.39 is 0 Å². The van der Waals surface area contributed by atoms with Crippen LogP contribution in [0.4, 0.5) is 0 Å². The highest BCUT2D eigenvalue weighted by Gasteiger charge is 2.13. The van der Waals surface area contributed by atoms with Crippen molar-refractivity contribution in [2.45, 2.75) is 77.6 Å². The summed E-state index contributed by atoms with van der Waals surface area (Å²) in [4.78, 5) is 0. The molecule has 0 unspecified atom stereocenters. The largest absolute Gasteiger partial charge is 1.00 e. The van der Waals surface area contributed by atoms with E-state index in [1.807, 2.05) is 0 Å². The van der Waals surface area contributed by atoms with Gasteiger partial charge in [0.05, 0.1) is 27.2 Å². The Hall–Kier alpha value is 0.540. The predicted octanol–water partition coefficient (Wildman–Crippen LogP) is 2.62. The van der Waals surface area contributed by atoms with Crippen LogP contribution in [0.3, 0.4) is 0 Å². The van der Waals surface area contributed by atoms with Crippen LogP contribution in [0.25, 0.3) is 0 Å². The van der Waals surface area contributed by atoms with Crippen LogP contribution in [0.15, 0.2) is 0 Å². The number of halogens is 2. The molecule has 0 aromatic heterocycles. The number of hydrogen-bond acceptors (Lipinski definition) is 0. The first-order valence-electron chi connectivity index (χ1n) is 8.50. The number of hydrogen-bond donors (Lipinski definition) is 0. The average molecular weight is 326 g/mol. The van der Waals surface area contributed by atoms with Crippen molar-refractivity contribution in [1.82, 2.24) is 0 Å². The highest BCUT2D eigenvalue weighted by molar-refractivity contribution is 6.17. The van der Waals surface area contributed by atoms with Crippen LogP contribution in [0.5, 0.6) is 0 Å². The summed E-state index contributed by atoms with van der Waals surface area (Å²) in [6.45, 7) is 4.90. The van der Waals surface area contributed by atoms with Crippen LogP contribution in [0, 0.1) is 0 Å². The van der Waals surface area contributed by atoms with E-state index in [1.54, 1.807) is 0 Å². The van der Waals surface area contributed by atoms with Crippen LogP contribution in [0.2, 0.25) is 0 Å². The second kappa shape index (κ2) is 15.9. The fourth-order valence-corrected chi connectivity index (χ4v) is 2.79. The van der Waals surface area contributed by atoms with Crippen LogP contribution in [-0.4, -0.2) is 37.5 Å². The summed E-state index contributed by atoms with van der Waals surface area (Å²) in [5, 5.41) is 0. The molecule has 0 amide bonds. The number of rotatable bonds is 14. The van der Waals surface area contributed by atoms with Gasteiger partial charge in [-0.05, 0) is 25.7 Å². The van der Waals surface area contributed by atoms with E-state index >= 15 is 0 Å². The van der Waals surface area contributed by atoms with Crippen molar-refractivity contribution in [3.63, 3.8) is 0 Å². The highest BCUT2D eigenvalue weighted by Crippen LogP contribution is 2.11. The Labute approximate surface area is 139 Å². The molecule has 0 aliphatic carbocycles. The minimum absolute atomic E-state index is 0. The van der Waals surface area contributed by atoms with E-state index in [4.69, 9.17) is 11.6 Å². The van der Waals surface area contributed by atoms with Crippen molar-refractivity contribution in [3.05, 3.63) is 0 Å². The van der Waals surface area contributed by atoms with E-state index in [-0.39, 0.29) is 12.4 Å². The number of unbranched alkanes of at least 4 members (excludes halogenated alkanes) is 9. The van der Waals surface area contributed by atoms with E-state index in [0.717, 1.165) is 5.88 Å². The molecule has 0 bridgehead atoms. The summed E-state index contributed by atoms with van der Waals surface area (Å²) in [6, 6.07) is 0. The zero-order valence-electron chi connectivity index (χ0n) is 14.1. The smallest absolute Gasteiger partial charge is 0.0782 e. The van der Waals surface area contributed by atoms with Gasteiger partial charge >= 0.3 is 0 Å². The third-order valence-electron chi connectivity index (χ3n) is 4.01. The Morgan fingerprint density at radius 1 is 0.650 bits per heavy atom. The average Bonchev–Trinajstić information content (AvgIpc) is 2.37. The maximum absolute atomic E-state index is 5.73. The first kappa shape index (κ1) is 22.8. The second-order valence-electron chi connectivity index (χ2n) is 6.61. The molecule has 0 aromatic rings. The Bertz CT molecular complexity index is 184. The molecule has 0 heterocycles. The molecule has 0 N–H and O–H groups in total. The van der Waals surface area contributed by atoms with E-state index in [9.17, 15) is 0 Å². The molecule has 3 heteroatoms. The second-order valence-corrected chi connectivity index (χ2v) is 6.99. The van der Waals surface area contributed by atoms with Crippen molar-refractivity contribution in [2.75, 3.05) is 33.1 Å². The molecule has 0 fully saturated rings. The van der Waals surface area contributed by atoms with Gasteiger partial charge in [-0.15, -0.1) is 11.6 Å². The zero-order valence-corrected chi connectivity index (χ0v) is 15.6. The topological polar surface area (TPSA) is 0 Å². The van der Waals surface area contributed by atoms with Gasteiger partial charge in [0.15, 0.2) is 0 Å². The molecular weight excluding hydrogens is 289 g/mol. The highest BCUT2D eigenvalue weighted by atomic mass is 35.5. The van der Waals surface area contributed by atoms with Crippen molar-refractivity contribution < 1.29 is 16.9 Å². The first-order chi connectivity index (χ1) is 9.12. The van der Waals surface area contributed by atoms with Crippen LogP contribution < -0.4 is 12.4 Å². The Morgan fingerprint density at radius 2 is 1.05 bits per heavy atom. The lowest BCUT2D eigenvalue weighted by Crippen LogP contribution is -3.00. The third kappa shape index (κ3) is 16.6. The normalized spacial score (nSPS) is 11.4. The molecule has 1 nitrogen and oxygen atoms in total. The van der Waals surface area contributed by atoms with Gasteiger partial charge < -0.3 is 16.9 Å². The monoisotopic (exact) mass is 325 g/mol. The summed E-state index contributed by atoms with van der Waals surface area (Å²) in [5.41, 5.74) is 0. The summed E-state index contributed by atoms with van der Waals surface area (Å²) in [7, 11) is 4.72. The minimum Gasteiger partial charge on any atom is -1.00 e. The van der Waals surface area contributed by atoms with Gasteiger partial charge in [-0.2, -0.15) is 0 Å². The summed E-state index contributed by atoms with van der Waals surface area (Å²) < 4.78 is 1.17. The molecule has 0 rings (SSSR count). The molecule has 0 aromatic carbocycles. The predicted molar refractivity (Wildman–Crippen MR) is 89.0 cm³/mol. The molecule has 0 aliphatic rings. The minimum atomic E-state index is 0. The summed E-state index contributed by atoms with van der Waals surface area (Å²) in [6.07, 6.45) is 15.3. The molecule has 0 aliphatic heterocycles. The van der Waals surface area contributed by atoms with E-state index in [0.29, 0.717) is 0 Å². The molecular formula is C17H37Cl2N. The van der Waals surface area contributed by atoms with Gasteiger partial charge in [0.2, 0.25) is 0 Å². The summed E-state index contributed by atoms with van der Waals surface area (Å²) >= 11 is 5.73. The van der Waals surface area contributed by atoms with Gasteiger partial charge in [0, 0.05) is 5.88 Å². The van der Waals surface area contributed by atoms with E-state index in [1.165, 1.54) is 88.2 Å². The molecule has 0 saturated carbocycles. The van der Waals surface area contributed by atoms with Crippen LogP contribution >= 0.6 is 11.6 Å². The first-order valence-corrected chi connectivity index (χ1v) is 9.04. The van der Waals surface area contributed by atoms with Crippen molar-refractivity contribution in [1.29, 1.82) is 0 Å². The Balaban J connectivity index is 0. The number of alkyl halides is 1. The molecule has 20 heavy (non-hydrogen) atoms. The van der Waals surface area contributed by atoms with Crippen molar-refractivity contribution >= 4 is 11.6 Å².